The molecule has 0 aromatic carbocycles. The lowest BCUT2D eigenvalue weighted by Gasteiger charge is -2.00. The van der Waals surface area contributed by atoms with Crippen molar-refractivity contribution in [1.82, 2.24) is 0 Å². The smallest absolute Gasteiger partial charge is 0.308 e. The molecule has 3 nitrogen and oxygen atoms in total. The number of rotatable bonds is 4. The lowest BCUT2D eigenvalue weighted by atomic mass is 10.5. The molecule has 0 aliphatic rings. The first-order chi connectivity index (χ1) is 5.20. The molecule has 0 aromatic rings. The van der Waals surface area contributed by atoms with Gasteiger partial charge < -0.3 is 9.47 Å². The summed E-state index contributed by atoms with van der Waals surface area (Å²) in [5, 5.41) is 0. The van der Waals surface area contributed by atoms with Crippen molar-refractivity contribution in [2.24, 2.45) is 0 Å². The summed E-state index contributed by atoms with van der Waals surface area (Å²) in [6.07, 6.45) is 2.77. The number of hydrogen-bond donors (Lipinski definition) is 0. The maximum absolute atomic E-state index is 10.4. The molecule has 0 spiro atoms. The molecule has 62 valence electrons. The monoisotopic (exact) mass is 156 g/mol. The lowest BCUT2D eigenvalue weighted by Crippen LogP contribution is -1.97. The number of esters is 1. The molecule has 11 heavy (non-hydrogen) atoms. The lowest BCUT2D eigenvalue weighted by molar-refractivity contribution is -0.136. The van der Waals surface area contributed by atoms with E-state index in [9.17, 15) is 4.79 Å². The molecule has 0 radical (unpaired) electrons. The van der Waals surface area contributed by atoms with Crippen molar-refractivity contribution < 1.29 is 14.3 Å². The van der Waals surface area contributed by atoms with E-state index in [0.717, 1.165) is 0 Å². The van der Waals surface area contributed by atoms with Crippen LogP contribution < -0.4 is 0 Å². The summed E-state index contributed by atoms with van der Waals surface area (Å²) in [4.78, 5) is 10.4. The van der Waals surface area contributed by atoms with Crippen LogP contribution >= 0.6 is 0 Å². The summed E-state index contributed by atoms with van der Waals surface area (Å²) in [7, 11) is 0. The first-order valence-electron chi connectivity index (χ1n) is 3.33. The highest BCUT2D eigenvalue weighted by Crippen LogP contribution is 1.98. The van der Waals surface area contributed by atoms with E-state index in [1.807, 2.05) is 6.92 Å². The Hall–Kier alpha value is -1.25. The number of carbonyl (C=O) groups excluding carboxylic acids is 1. The van der Waals surface area contributed by atoms with Crippen molar-refractivity contribution >= 4 is 5.97 Å². The van der Waals surface area contributed by atoms with E-state index in [0.29, 0.717) is 12.4 Å². The van der Waals surface area contributed by atoms with Crippen molar-refractivity contribution in [2.45, 2.75) is 13.8 Å². The maximum atomic E-state index is 10.4. The van der Waals surface area contributed by atoms with Gasteiger partial charge in [-0.2, -0.15) is 0 Å². The van der Waals surface area contributed by atoms with Crippen LogP contribution in [0.25, 0.3) is 0 Å². The molecule has 0 N–H and O–H groups in total. The fourth-order valence-electron chi connectivity index (χ4n) is 0.445. The van der Waals surface area contributed by atoms with Gasteiger partial charge in [-0.05, 0) is 13.0 Å². The third-order valence-corrected chi connectivity index (χ3v) is 0.829. The Morgan fingerprint density at radius 1 is 1.64 bits per heavy atom. The van der Waals surface area contributed by atoms with E-state index < -0.39 is 0 Å². The molecule has 0 saturated carbocycles. The predicted octanol–water partition coefficient (Wildman–Crippen LogP) is 1.61. The highest BCUT2D eigenvalue weighted by Gasteiger charge is 1.95. The molecule has 0 aliphatic heterocycles. The molecule has 0 aliphatic carbocycles. The summed E-state index contributed by atoms with van der Waals surface area (Å²) in [6, 6.07) is 0. The van der Waals surface area contributed by atoms with Gasteiger partial charge in [0.15, 0.2) is 5.76 Å². The second-order valence-electron chi connectivity index (χ2n) is 1.77. The standard InChI is InChI=1S/C8H12O3/c1-4-8(6-10-5-2)11-7(3)9/h4,6H,1,5H2,2-3H3. The quantitative estimate of drug-likeness (QED) is 0.352. The Bertz CT molecular complexity index is 170. The Morgan fingerprint density at radius 3 is 2.64 bits per heavy atom. The molecular formula is C8H12O3. The zero-order chi connectivity index (χ0) is 8.69. The average Bonchev–Trinajstić information content (AvgIpc) is 1.97. The van der Waals surface area contributed by atoms with Crippen LogP contribution in [0.3, 0.4) is 0 Å². The van der Waals surface area contributed by atoms with Crippen LogP contribution in [-0.2, 0) is 14.3 Å². The van der Waals surface area contributed by atoms with Gasteiger partial charge in [0.2, 0.25) is 0 Å². The summed E-state index contributed by atoms with van der Waals surface area (Å²) in [5.74, 6) is -0.0461. The number of carbonyl (C=O) groups is 1. The minimum atomic E-state index is -0.379. The van der Waals surface area contributed by atoms with Crippen molar-refractivity contribution in [3.05, 3.63) is 24.7 Å². The van der Waals surface area contributed by atoms with Crippen LogP contribution in [0.15, 0.2) is 24.7 Å². The van der Waals surface area contributed by atoms with Crippen molar-refractivity contribution in [1.29, 1.82) is 0 Å². The number of allylic oxidation sites excluding steroid dienone is 1. The summed E-state index contributed by atoms with van der Waals surface area (Å²) >= 11 is 0. The molecule has 0 heterocycles. The van der Waals surface area contributed by atoms with E-state index in [-0.39, 0.29) is 5.97 Å². The van der Waals surface area contributed by atoms with Gasteiger partial charge in [0.1, 0.15) is 6.26 Å². The zero-order valence-electron chi connectivity index (χ0n) is 6.79. The number of hydrogen-bond acceptors (Lipinski definition) is 3. The highest BCUT2D eigenvalue weighted by molar-refractivity contribution is 5.67. The molecule has 0 rings (SSSR count). The molecule has 3 heteroatoms. The second-order valence-corrected chi connectivity index (χ2v) is 1.77. The van der Waals surface area contributed by atoms with Crippen LogP contribution in [0.2, 0.25) is 0 Å². The van der Waals surface area contributed by atoms with Crippen LogP contribution in [0.5, 0.6) is 0 Å². The van der Waals surface area contributed by atoms with Gasteiger partial charge in [0.05, 0.1) is 6.61 Å². The summed E-state index contributed by atoms with van der Waals surface area (Å²) in [6.45, 7) is 7.14. The highest BCUT2D eigenvalue weighted by atomic mass is 16.5. The third kappa shape index (κ3) is 5.21. The van der Waals surface area contributed by atoms with Crippen LogP contribution in [-0.4, -0.2) is 12.6 Å². The summed E-state index contributed by atoms with van der Waals surface area (Å²) in [5.41, 5.74) is 0. The average molecular weight is 156 g/mol. The van der Waals surface area contributed by atoms with Gasteiger partial charge in [-0.25, -0.2) is 0 Å². The van der Waals surface area contributed by atoms with Crippen molar-refractivity contribution in [2.75, 3.05) is 6.61 Å². The minimum absolute atomic E-state index is 0.333. The van der Waals surface area contributed by atoms with E-state index in [1.54, 1.807) is 0 Å². The second kappa shape index (κ2) is 5.53. The predicted molar refractivity (Wildman–Crippen MR) is 41.7 cm³/mol. The third-order valence-electron chi connectivity index (χ3n) is 0.829. The van der Waals surface area contributed by atoms with E-state index in [2.05, 4.69) is 11.3 Å². The van der Waals surface area contributed by atoms with Gasteiger partial charge in [0, 0.05) is 6.92 Å². The van der Waals surface area contributed by atoms with Gasteiger partial charge in [0.25, 0.3) is 0 Å². The van der Waals surface area contributed by atoms with Gasteiger partial charge in [-0.1, -0.05) is 6.58 Å². The van der Waals surface area contributed by atoms with E-state index in [1.165, 1.54) is 19.3 Å². The fraction of sp³-hybridized carbons (Fsp3) is 0.375. The maximum Gasteiger partial charge on any atom is 0.308 e. The first-order valence-corrected chi connectivity index (χ1v) is 3.33. The molecule has 0 atom stereocenters. The van der Waals surface area contributed by atoms with Crippen LogP contribution in [0, 0.1) is 0 Å². The molecular weight excluding hydrogens is 144 g/mol. The number of ether oxygens (including phenoxy) is 2. The molecule has 0 aromatic heterocycles. The Kier molecular flexibility index (Phi) is 4.90. The topological polar surface area (TPSA) is 35.5 Å². The van der Waals surface area contributed by atoms with Gasteiger partial charge >= 0.3 is 5.97 Å². The molecule has 0 bridgehead atoms. The largest absolute Gasteiger partial charge is 0.498 e. The SMILES string of the molecule is C=CC(=COCC)OC(C)=O. The summed E-state index contributed by atoms with van der Waals surface area (Å²) < 4.78 is 9.56. The van der Waals surface area contributed by atoms with Crippen molar-refractivity contribution in [3.63, 3.8) is 0 Å². The normalized spacial score (nSPS) is 10.5. The minimum Gasteiger partial charge on any atom is -0.498 e. The Balaban J connectivity index is 3.93. The van der Waals surface area contributed by atoms with E-state index in [4.69, 9.17) is 4.74 Å². The van der Waals surface area contributed by atoms with Crippen LogP contribution in [0.4, 0.5) is 0 Å². The molecule has 0 unspecified atom stereocenters. The fourth-order valence-corrected chi connectivity index (χ4v) is 0.445. The van der Waals surface area contributed by atoms with Crippen LogP contribution in [0.1, 0.15) is 13.8 Å². The van der Waals surface area contributed by atoms with Gasteiger partial charge in [-0.3, -0.25) is 4.79 Å². The molecule has 0 amide bonds. The molecule has 0 saturated heterocycles. The Morgan fingerprint density at radius 2 is 2.27 bits per heavy atom. The van der Waals surface area contributed by atoms with E-state index >= 15 is 0 Å². The van der Waals surface area contributed by atoms with Gasteiger partial charge in [-0.15, -0.1) is 0 Å². The molecule has 0 fully saturated rings. The zero-order valence-corrected chi connectivity index (χ0v) is 6.79. The van der Waals surface area contributed by atoms with Crippen molar-refractivity contribution in [3.8, 4) is 0 Å². The Labute approximate surface area is 66.3 Å². The first kappa shape index (κ1) is 9.75.